The van der Waals surface area contributed by atoms with E-state index in [1.54, 1.807) is 0 Å². The van der Waals surface area contributed by atoms with Gasteiger partial charge in [0.1, 0.15) is 5.76 Å². The first-order valence-electron chi connectivity index (χ1n) is 6.87. The van der Waals surface area contributed by atoms with Crippen molar-refractivity contribution in [3.63, 3.8) is 0 Å². The Balaban J connectivity index is 2.85. The Labute approximate surface area is 170 Å². The lowest BCUT2D eigenvalue weighted by molar-refractivity contribution is -0.144. The summed E-state index contributed by atoms with van der Waals surface area (Å²) in [7, 11) is 1.39. The summed E-state index contributed by atoms with van der Waals surface area (Å²) in [5.41, 5.74) is 5.84. The molecule has 0 spiro atoms. The summed E-state index contributed by atoms with van der Waals surface area (Å²) in [6.07, 6.45) is 1.70. The van der Waals surface area contributed by atoms with Crippen LogP contribution in [0.5, 0.6) is 0 Å². The van der Waals surface area contributed by atoms with Gasteiger partial charge in [0.15, 0.2) is 7.59 Å². The first-order valence-corrected chi connectivity index (χ1v) is 9.14. The normalized spacial score (nSPS) is 20.2. The van der Waals surface area contributed by atoms with Crippen LogP contribution in [0, 0.1) is 0 Å². The molecule has 0 aromatic rings. The van der Waals surface area contributed by atoms with Gasteiger partial charge in [-0.3, -0.25) is 14.5 Å². The molecule has 0 fully saturated rings. The van der Waals surface area contributed by atoms with E-state index in [0.29, 0.717) is 5.76 Å². The molecule has 24 heavy (non-hydrogen) atoms. The Bertz CT molecular complexity index is 515. The van der Waals surface area contributed by atoms with Crippen LogP contribution in [0.25, 0.3) is 0 Å². The minimum absolute atomic E-state index is 0.0655. The van der Waals surface area contributed by atoms with Gasteiger partial charge < -0.3 is 10.5 Å². The molecule has 2 atom stereocenters. The van der Waals surface area contributed by atoms with Crippen molar-refractivity contribution in [3.05, 3.63) is 11.8 Å². The largest absolute Gasteiger partial charge is 0.499 e. The molecule has 2 amide bonds. The number of methoxy groups -OCH3 is 1. The number of carbonyl (C=O) groups is 2. The number of halogens is 6. The zero-order valence-electron chi connectivity index (χ0n) is 12.6. The maximum absolute atomic E-state index is 12.5. The molecular weight excluding hydrogens is 445 g/mol. The van der Waals surface area contributed by atoms with Crippen molar-refractivity contribution in [2.75, 3.05) is 7.11 Å². The van der Waals surface area contributed by atoms with E-state index < -0.39 is 31.5 Å². The molecule has 0 saturated carbocycles. The van der Waals surface area contributed by atoms with E-state index in [-0.39, 0.29) is 25.7 Å². The van der Waals surface area contributed by atoms with Crippen LogP contribution in [0.2, 0.25) is 0 Å². The Morgan fingerprint density at radius 2 is 1.79 bits per heavy atom. The van der Waals surface area contributed by atoms with Crippen molar-refractivity contribution < 1.29 is 14.3 Å². The van der Waals surface area contributed by atoms with Gasteiger partial charge in [0, 0.05) is 6.08 Å². The van der Waals surface area contributed by atoms with Gasteiger partial charge in [-0.2, -0.15) is 0 Å². The monoisotopic (exact) mass is 458 g/mol. The highest BCUT2D eigenvalue weighted by Gasteiger charge is 2.41. The fourth-order valence-electron chi connectivity index (χ4n) is 2.22. The van der Waals surface area contributed by atoms with E-state index in [4.69, 9.17) is 80.1 Å². The predicted octanol–water partition coefficient (Wildman–Crippen LogP) is 3.88. The number of imide groups is 1. The maximum Gasteiger partial charge on any atom is 0.257 e. The highest BCUT2D eigenvalue weighted by atomic mass is 35.6. The van der Waals surface area contributed by atoms with Crippen LogP contribution in [-0.2, 0) is 14.3 Å². The third-order valence-corrected chi connectivity index (χ3v) is 4.51. The average molecular weight is 461 g/mol. The molecule has 0 radical (unpaired) electrons. The summed E-state index contributed by atoms with van der Waals surface area (Å²) in [6, 6.07) is -1.70. The van der Waals surface area contributed by atoms with Crippen LogP contribution < -0.4 is 5.73 Å². The molecule has 1 aliphatic heterocycles. The molecule has 1 heterocycles. The number of ether oxygens (including phenoxy) is 1. The predicted molar refractivity (Wildman–Crippen MR) is 97.8 cm³/mol. The van der Waals surface area contributed by atoms with Gasteiger partial charge in [-0.15, -0.1) is 0 Å². The van der Waals surface area contributed by atoms with Gasteiger partial charge in [0.25, 0.3) is 5.91 Å². The number of nitrogens with zero attached hydrogens (tertiary/aromatic N) is 1. The summed E-state index contributed by atoms with van der Waals surface area (Å²) >= 11 is 34.2. The summed E-state index contributed by atoms with van der Waals surface area (Å²) < 4.78 is 2.10. The first kappa shape index (κ1) is 22.4. The lowest BCUT2D eigenvalue weighted by Crippen LogP contribution is -2.49. The van der Waals surface area contributed by atoms with Crippen LogP contribution in [0.1, 0.15) is 25.7 Å². The number of hydrogen-bond acceptors (Lipinski definition) is 4. The van der Waals surface area contributed by atoms with Crippen LogP contribution in [0.15, 0.2) is 11.8 Å². The molecule has 5 nitrogen and oxygen atoms in total. The van der Waals surface area contributed by atoms with E-state index in [1.165, 1.54) is 13.2 Å². The van der Waals surface area contributed by atoms with Crippen molar-refractivity contribution in [1.82, 2.24) is 4.90 Å². The van der Waals surface area contributed by atoms with E-state index in [9.17, 15) is 9.59 Å². The second-order valence-corrected chi connectivity index (χ2v) is 10.3. The molecule has 0 aromatic carbocycles. The Hall–Kier alpha value is 0.380. The fraction of sp³-hybridized carbons (Fsp3) is 0.692. The third kappa shape index (κ3) is 6.94. The zero-order chi connectivity index (χ0) is 18.7. The molecule has 0 saturated heterocycles. The van der Waals surface area contributed by atoms with Gasteiger partial charge >= 0.3 is 0 Å². The number of carbonyl (C=O) groups excluding carboxylic acids is 2. The second-order valence-electron chi connectivity index (χ2n) is 5.23. The van der Waals surface area contributed by atoms with Gasteiger partial charge in [0.2, 0.25) is 5.91 Å². The summed E-state index contributed by atoms with van der Waals surface area (Å²) in [5, 5.41) is 0. The Kier molecular flexibility index (Phi) is 8.27. The van der Waals surface area contributed by atoms with Crippen LogP contribution in [0.4, 0.5) is 0 Å². The van der Waals surface area contributed by atoms with E-state index in [0.717, 1.165) is 4.90 Å². The summed E-state index contributed by atoms with van der Waals surface area (Å²) in [4.78, 5) is 25.7. The smallest absolute Gasteiger partial charge is 0.257 e. The lowest BCUT2D eigenvalue weighted by atomic mass is 10.1. The van der Waals surface area contributed by atoms with Crippen LogP contribution >= 0.6 is 69.6 Å². The van der Waals surface area contributed by atoms with E-state index >= 15 is 0 Å². The van der Waals surface area contributed by atoms with Gasteiger partial charge in [-0.25, -0.2) is 0 Å². The minimum Gasteiger partial charge on any atom is -0.499 e. The van der Waals surface area contributed by atoms with Crippen molar-refractivity contribution in [3.8, 4) is 0 Å². The fourth-order valence-corrected chi connectivity index (χ4v) is 2.87. The van der Waals surface area contributed by atoms with Crippen LogP contribution in [-0.4, -0.2) is 43.5 Å². The third-order valence-electron chi connectivity index (χ3n) is 3.37. The maximum atomic E-state index is 12.5. The van der Waals surface area contributed by atoms with E-state index in [2.05, 4.69) is 0 Å². The number of nitrogens with two attached hydrogens (primary N) is 1. The molecule has 1 unspecified atom stereocenters. The summed E-state index contributed by atoms with van der Waals surface area (Å²) in [5.74, 6) is -0.849. The topological polar surface area (TPSA) is 72.6 Å². The highest BCUT2D eigenvalue weighted by molar-refractivity contribution is 6.67. The van der Waals surface area contributed by atoms with Gasteiger partial charge in [-0.05, 0) is 25.7 Å². The molecule has 2 N–H and O–H groups in total. The molecular formula is C13H16Cl6N2O3. The van der Waals surface area contributed by atoms with Crippen LogP contribution in [0.3, 0.4) is 0 Å². The minimum atomic E-state index is -1.53. The van der Waals surface area contributed by atoms with Gasteiger partial charge in [0.05, 0.1) is 19.2 Å². The number of hydrogen-bond donors (Lipinski definition) is 1. The van der Waals surface area contributed by atoms with Gasteiger partial charge in [-0.1, -0.05) is 69.6 Å². The first-order chi connectivity index (χ1) is 10.9. The Morgan fingerprint density at radius 1 is 1.25 bits per heavy atom. The molecule has 0 bridgehead atoms. The molecule has 0 aliphatic carbocycles. The van der Waals surface area contributed by atoms with Crippen molar-refractivity contribution in [2.24, 2.45) is 5.73 Å². The SMILES string of the molecule is COC1=CC(=O)N(C(=O)[C@H](N)CCC(Cl)(Cl)Cl)C1CCC(Cl)(Cl)Cl. The lowest BCUT2D eigenvalue weighted by Gasteiger charge is -2.28. The summed E-state index contributed by atoms with van der Waals surface area (Å²) in [6.45, 7) is 0. The number of alkyl halides is 6. The molecule has 0 aromatic heterocycles. The number of amides is 2. The van der Waals surface area contributed by atoms with Crippen molar-refractivity contribution in [1.29, 1.82) is 0 Å². The molecule has 138 valence electrons. The molecule has 1 aliphatic rings. The standard InChI is InChI=1S/C13H16Cl6N2O3/c1-24-9-6-10(22)21(8(9)3-5-13(17,18)19)11(23)7(20)2-4-12(14,15)16/h6-8H,2-5,20H2,1H3/t7-,8?/m1/s1. The number of rotatable bonds is 6. The average Bonchev–Trinajstić information content (AvgIpc) is 2.76. The molecule has 11 heteroatoms. The van der Waals surface area contributed by atoms with E-state index in [1.807, 2.05) is 0 Å². The zero-order valence-corrected chi connectivity index (χ0v) is 17.1. The van der Waals surface area contributed by atoms with Crippen molar-refractivity contribution >= 4 is 81.4 Å². The second kappa shape index (κ2) is 8.85. The van der Waals surface area contributed by atoms with Crippen molar-refractivity contribution in [2.45, 2.75) is 45.4 Å². The highest BCUT2D eigenvalue weighted by Crippen LogP contribution is 2.36. The Morgan fingerprint density at radius 3 is 2.25 bits per heavy atom. The molecule has 1 rings (SSSR count). The quantitative estimate of drug-likeness (QED) is 0.610.